The molecule has 0 N–H and O–H groups in total. The maximum atomic E-state index is 11.4. The Kier molecular flexibility index (Phi) is 6.41. The van der Waals surface area contributed by atoms with E-state index in [1.165, 1.54) is 19.3 Å². The summed E-state index contributed by atoms with van der Waals surface area (Å²) >= 11 is 0. The zero-order valence-electron chi connectivity index (χ0n) is 9.67. The summed E-state index contributed by atoms with van der Waals surface area (Å²) in [7, 11) is 0. The lowest BCUT2D eigenvalue weighted by Gasteiger charge is -2.21. The molecule has 0 aromatic heterocycles. The van der Waals surface area contributed by atoms with Crippen molar-refractivity contribution in [2.45, 2.75) is 58.0 Å². The zero-order valence-corrected chi connectivity index (χ0v) is 9.67. The standard InChI is InChI=1S/C12H22O3/c1-2-9-14-10-8-12(13)15-11-6-4-3-5-7-11/h11H,2-10H2,1H3. The minimum Gasteiger partial charge on any atom is -0.462 e. The van der Waals surface area contributed by atoms with Crippen LogP contribution < -0.4 is 0 Å². The predicted octanol–water partition coefficient (Wildman–Crippen LogP) is 2.68. The highest BCUT2D eigenvalue weighted by molar-refractivity contribution is 5.69. The van der Waals surface area contributed by atoms with Gasteiger partial charge in [0.05, 0.1) is 13.0 Å². The molecule has 3 heteroatoms. The molecule has 0 aromatic carbocycles. The molecule has 0 aromatic rings. The average molecular weight is 214 g/mol. The van der Waals surface area contributed by atoms with E-state index in [-0.39, 0.29) is 12.1 Å². The highest BCUT2D eigenvalue weighted by Gasteiger charge is 2.17. The number of hydrogen-bond acceptors (Lipinski definition) is 3. The molecular formula is C12H22O3. The molecule has 1 aliphatic rings. The Morgan fingerprint density at radius 1 is 1.20 bits per heavy atom. The van der Waals surface area contributed by atoms with Gasteiger partial charge in [0, 0.05) is 6.61 Å². The molecule has 0 unspecified atom stereocenters. The summed E-state index contributed by atoms with van der Waals surface area (Å²) < 4.78 is 10.6. The lowest BCUT2D eigenvalue weighted by Crippen LogP contribution is -2.21. The monoisotopic (exact) mass is 214 g/mol. The fraction of sp³-hybridized carbons (Fsp3) is 0.917. The number of carbonyl (C=O) groups excluding carboxylic acids is 1. The average Bonchev–Trinajstić information content (AvgIpc) is 2.26. The van der Waals surface area contributed by atoms with Crippen LogP contribution in [0.2, 0.25) is 0 Å². The summed E-state index contributed by atoms with van der Waals surface area (Å²) in [6.07, 6.45) is 7.34. The van der Waals surface area contributed by atoms with Crippen molar-refractivity contribution in [1.29, 1.82) is 0 Å². The SMILES string of the molecule is CCCOCCC(=O)OC1CCCCC1. The van der Waals surface area contributed by atoms with E-state index in [2.05, 4.69) is 6.92 Å². The Bertz CT molecular complexity index is 174. The van der Waals surface area contributed by atoms with Gasteiger partial charge in [-0.1, -0.05) is 13.3 Å². The van der Waals surface area contributed by atoms with E-state index in [9.17, 15) is 4.79 Å². The second kappa shape index (κ2) is 7.69. The van der Waals surface area contributed by atoms with E-state index in [0.717, 1.165) is 25.9 Å². The van der Waals surface area contributed by atoms with Gasteiger partial charge in [0.1, 0.15) is 6.10 Å². The fourth-order valence-corrected chi connectivity index (χ4v) is 1.83. The Hall–Kier alpha value is -0.570. The van der Waals surface area contributed by atoms with Gasteiger partial charge in [-0.05, 0) is 32.1 Å². The van der Waals surface area contributed by atoms with Gasteiger partial charge < -0.3 is 9.47 Å². The van der Waals surface area contributed by atoms with Crippen molar-refractivity contribution in [3.63, 3.8) is 0 Å². The molecule has 15 heavy (non-hydrogen) atoms. The van der Waals surface area contributed by atoms with Gasteiger partial charge in [0.25, 0.3) is 0 Å². The molecule has 0 bridgehead atoms. The van der Waals surface area contributed by atoms with Crippen LogP contribution in [0.15, 0.2) is 0 Å². The lowest BCUT2D eigenvalue weighted by atomic mass is 9.98. The molecule has 0 saturated heterocycles. The van der Waals surface area contributed by atoms with Crippen LogP contribution in [0.1, 0.15) is 51.9 Å². The minimum atomic E-state index is -0.0991. The highest BCUT2D eigenvalue weighted by atomic mass is 16.5. The van der Waals surface area contributed by atoms with Crippen LogP contribution in [0.4, 0.5) is 0 Å². The molecular weight excluding hydrogens is 192 g/mol. The van der Waals surface area contributed by atoms with Crippen LogP contribution in [-0.2, 0) is 14.3 Å². The van der Waals surface area contributed by atoms with Crippen molar-refractivity contribution in [3.8, 4) is 0 Å². The smallest absolute Gasteiger partial charge is 0.308 e. The molecule has 0 atom stereocenters. The molecule has 1 rings (SSSR count). The van der Waals surface area contributed by atoms with E-state index in [1.807, 2.05) is 0 Å². The van der Waals surface area contributed by atoms with Gasteiger partial charge in [0.15, 0.2) is 0 Å². The Balaban J connectivity index is 2.01. The summed E-state index contributed by atoms with van der Waals surface area (Å²) in [6, 6.07) is 0. The van der Waals surface area contributed by atoms with Crippen molar-refractivity contribution in [1.82, 2.24) is 0 Å². The van der Waals surface area contributed by atoms with Crippen LogP contribution in [0.3, 0.4) is 0 Å². The molecule has 0 heterocycles. The normalized spacial score (nSPS) is 17.7. The molecule has 0 amide bonds. The first kappa shape index (κ1) is 12.5. The zero-order chi connectivity index (χ0) is 10.9. The molecule has 0 spiro atoms. The van der Waals surface area contributed by atoms with Crippen molar-refractivity contribution in [2.75, 3.05) is 13.2 Å². The van der Waals surface area contributed by atoms with E-state index in [4.69, 9.17) is 9.47 Å². The molecule has 1 saturated carbocycles. The minimum absolute atomic E-state index is 0.0991. The summed E-state index contributed by atoms with van der Waals surface area (Å²) in [5.74, 6) is -0.0991. The van der Waals surface area contributed by atoms with Crippen molar-refractivity contribution in [2.24, 2.45) is 0 Å². The highest BCUT2D eigenvalue weighted by Crippen LogP contribution is 2.20. The fourth-order valence-electron chi connectivity index (χ4n) is 1.83. The Morgan fingerprint density at radius 3 is 2.60 bits per heavy atom. The maximum Gasteiger partial charge on any atom is 0.308 e. The van der Waals surface area contributed by atoms with Crippen LogP contribution >= 0.6 is 0 Å². The summed E-state index contributed by atoms with van der Waals surface area (Å²) in [5.41, 5.74) is 0. The van der Waals surface area contributed by atoms with Gasteiger partial charge >= 0.3 is 5.97 Å². The molecule has 0 aliphatic heterocycles. The number of rotatable bonds is 6. The van der Waals surface area contributed by atoms with Crippen LogP contribution in [-0.4, -0.2) is 25.3 Å². The largest absolute Gasteiger partial charge is 0.462 e. The maximum absolute atomic E-state index is 11.4. The van der Waals surface area contributed by atoms with Gasteiger partial charge in [-0.3, -0.25) is 4.79 Å². The van der Waals surface area contributed by atoms with E-state index in [0.29, 0.717) is 13.0 Å². The number of ether oxygens (including phenoxy) is 2. The third-order valence-electron chi connectivity index (χ3n) is 2.65. The molecule has 1 fully saturated rings. The quantitative estimate of drug-likeness (QED) is 0.503. The van der Waals surface area contributed by atoms with Crippen LogP contribution in [0.5, 0.6) is 0 Å². The van der Waals surface area contributed by atoms with E-state index >= 15 is 0 Å². The molecule has 0 radical (unpaired) electrons. The van der Waals surface area contributed by atoms with Gasteiger partial charge in [-0.2, -0.15) is 0 Å². The van der Waals surface area contributed by atoms with Crippen molar-refractivity contribution in [3.05, 3.63) is 0 Å². The van der Waals surface area contributed by atoms with Gasteiger partial charge in [0.2, 0.25) is 0 Å². The third-order valence-corrected chi connectivity index (χ3v) is 2.65. The lowest BCUT2D eigenvalue weighted by molar-refractivity contribution is -0.151. The molecule has 3 nitrogen and oxygen atoms in total. The van der Waals surface area contributed by atoms with Gasteiger partial charge in [-0.15, -0.1) is 0 Å². The summed E-state index contributed by atoms with van der Waals surface area (Å²) in [4.78, 5) is 11.4. The second-order valence-electron chi connectivity index (χ2n) is 4.11. The first-order chi connectivity index (χ1) is 7.33. The van der Waals surface area contributed by atoms with Crippen LogP contribution in [0.25, 0.3) is 0 Å². The predicted molar refractivity (Wildman–Crippen MR) is 58.7 cm³/mol. The topological polar surface area (TPSA) is 35.5 Å². The summed E-state index contributed by atoms with van der Waals surface area (Å²) in [6.45, 7) is 3.29. The summed E-state index contributed by atoms with van der Waals surface area (Å²) in [5, 5.41) is 0. The van der Waals surface area contributed by atoms with Crippen molar-refractivity contribution < 1.29 is 14.3 Å². The van der Waals surface area contributed by atoms with Crippen LogP contribution in [0, 0.1) is 0 Å². The molecule has 1 aliphatic carbocycles. The third kappa shape index (κ3) is 5.78. The Morgan fingerprint density at radius 2 is 1.93 bits per heavy atom. The molecule has 88 valence electrons. The van der Waals surface area contributed by atoms with Crippen molar-refractivity contribution >= 4 is 5.97 Å². The first-order valence-electron chi connectivity index (χ1n) is 6.10. The first-order valence-corrected chi connectivity index (χ1v) is 6.10. The van der Waals surface area contributed by atoms with E-state index < -0.39 is 0 Å². The Labute approximate surface area is 92.1 Å². The number of hydrogen-bond donors (Lipinski definition) is 0. The van der Waals surface area contributed by atoms with Gasteiger partial charge in [-0.25, -0.2) is 0 Å². The number of esters is 1. The number of carbonyl (C=O) groups is 1. The second-order valence-corrected chi connectivity index (χ2v) is 4.11. The van der Waals surface area contributed by atoms with E-state index in [1.54, 1.807) is 0 Å².